The van der Waals surface area contributed by atoms with Crippen LogP contribution in [0.3, 0.4) is 0 Å². The van der Waals surface area contributed by atoms with Crippen molar-refractivity contribution in [2.45, 2.75) is 31.7 Å². The molecule has 0 saturated carbocycles. The van der Waals surface area contributed by atoms with Crippen LogP contribution in [-0.4, -0.2) is 35.6 Å². The summed E-state index contributed by atoms with van der Waals surface area (Å²) >= 11 is 1.35. The highest BCUT2D eigenvalue weighted by Crippen LogP contribution is 2.20. The summed E-state index contributed by atoms with van der Waals surface area (Å²) in [7, 11) is 1.59. The molecule has 0 aliphatic rings. The van der Waals surface area contributed by atoms with Crippen LogP contribution in [0.2, 0.25) is 0 Å². The summed E-state index contributed by atoms with van der Waals surface area (Å²) in [5.41, 5.74) is 3.60. The number of thioether (sulfide) groups is 1. The van der Waals surface area contributed by atoms with Crippen LogP contribution >= 0.6 is 11.8 Å². The molecule has 2 amide bonds. The first-order valence-electron chi connectivity index (χ1n) is 10.9. The van der Waals surface area contributed by atoms with Crippen molar-refractivity contribution >= 4 is 23.6 Å². The van der Waals surface area contributed by atoms with Gasteiger partial charge in [-0.25, -0.2) is 4.39 Å². The highest BCUT2D eigenvalue weighted by atomic mass is 32.2. The van der Waals surface area contributed by atoms with Gasteiger partial charge in [0.25, 0.3) is 0 Å². The molecule has 0 fully saturated rings. The van der Waals surface area contributed by atoms with Crippen molar-refractivity contribution in [3.8, 4) is 0 Å². The minimum atomic E-state index is -0.653. The van der Waals surface area contributed by atoms with Crippen LogP contribution in [0.25, 0.3) is 0 Å². The third-order valence-electron chi connectivity index (χ3n) is 5.39. The molecule has 1 atom stereocenters. The smallest absolute Gasteiger partial charge is 0.242 e. The van der Waals surface area contributed by atoms with Gasteiger partial charge in [-0.1, -0.05) is 78.4 Å². The van der Waals surface area contributed by atoms with E-state index in [2.05, 4.69) is 5.32 Å². The molecule has 6 heteroatoms. The van der Waals surface area contributed by atoms with Gasteiger partial charge in [0.1, 0.15) is 11.9 Å². The number of carbonyl (C=O) groups excluding carboxylic acids is 2. The van der Waals surface area contributed by atoms with Gasteiger partial charge in [0.2, 0.25) is 11.8 Å². The zero-order chi connectivity index (χ0) is 23.6. The van der Waals surface area contributed by atoms with Crippen LogP contribution < -0.4 is 5.32 Å². The van der Waals surface area contributed by atoms with E-state index in [4.69, 9.17) is 0 Å². The Kier molecular flexibility index (Phi) is 9.07. The highest BCUT2D eigenvalue weighted by Gasteiger charge is 2.29. The molecule has 0 aliphatic heterocycles. The molecule has 0 aromatic heterocycles. The molecule has 3 aromatic carbocycles. The number of aryl methyl sites for hydroxylation is 1. The van der Waals surface area contributed by atoms with Crippen LogP contribution in [0.5, 0.6) is 0 Å². The molecule has 0 heterocycles. The number of likely N-dealkylation sites (N-methyl/N-ethyl adjacent to an activating group) is 1. The van der Waals surface area contributed by atoms with Crippen molar-refractivity contribution in [1.29, 1.82) is 0 Å². The van der Waals surface area contributed by atoms with E-state index in [-0.39, 0.29) is 23.4 Å². The second-order valence-electron chi connectivity index (χ2n) is 7.91. The zero-order valence-corrected chi connectivity index (χ0v) is 19.8. The second kappa shape index (κ2) is 12.2. The zero-order valence-electron chi connectivity index (χ0n) is 19.0. The van der Waals surface area contributed by atoms with Gasteiger partial charge in [-0.05, 0) is 29.7 Å². The molecule has 3 aromatic rings. The van der Waals surface area contributed by atoms with E-state index < -0.39 is 6.04 Å². The van der Waals surface area contributed by atoms with Gasteiger partial charge in [-0.2, -0.15) is 0 Å². The fourth-order valence-corrected chi connectivity index (χ4v) is 4.57. The lowest BCUT2D eigenvalue weighted by Crippen LogP contribution is -2.50. The molecule has 172 valence electrons. The van der Waals surface area contributed by atoms with E-state index in [0.29, 0.717) is 24.3 Å². The summed E-state index contributed by atoms with van der Waals surface area (Å²) in [6.07, 6.45) is 0.413. The number of nitrogens with zero attached hydrogens (tertiary/aromatic N) is 1. The minimum absolute atomic E-state index is 0.151. The quantitative estimate of drug-likeness (QED) is 0.471. The first-order chi connectivity index (χ1) is 16.0. The van der Waals surface area contributed by atoms with Crippen LogP contribution in [0.1, 0.15) is 22.3 Å². The maximum absolute atomic E-state index is 14.0. The highest BCUT2D eigenvalue weighted by molar-refractivity contribution is 7.99. The second-order valence-corrected chi connectivity index (χ2v) is 8.90. The van der Waals surface area contributed by atoms with Crippen molar-refractivity contribution in [1.82, 2.24) is 10.2 Å². The lowest BCUT2D eigenvalue weighted by atomic mass is 10.0. The molecule has 1 unspecified atom stereocenters. The van der Waals surface area contributed by atoms with Crippen LogP contribution in [0.4, 0.5) is 4.39 Å². The van der Waals surface area contributed by atoms with Gasteiger partial charge >= 0.3 is 0 Å². The molecule has 33 heavy (non-hydrogen) atoms. The van der Waals surface area contributed by atoms with Crippen molar-refractivity contribution in [3.63, 3.8) is 0 Å². The van der Waals surface area contributed by atoms with Gasteiger partial charge in [0, 0.05) is 25.8 Å². The summed E-state index contributed by atoms with van der Waals surface area (Å²) in [4.78, 5) is 27.9. The lowest BCUT2D eigenvalue weighted by molar-refractivity contribution is -0.139. The van der Waals surface area contributed by atoms with Crippen molar-refractivity contribution in [2.75, 3.05) is 12.8 Å². The first kappa shape index (κ1) is 24.5. The average Bonchev–Trinajstić information content (AvgIpc) is 2.82. The third-order valence-corrected chi connectivity index (χ3v) is 6.36. The molecule has 0 bridgehead atoms. The maximum atomic E-state index is 14.0. The van der Waals surface area contributed by atoms with Gasteiger partial charge in [0.05, 0.1) is 5.75 Å². The Morgan fingerprint density at radius 1 is 0.970 bits per heavy atom. The van der Waals surface area contributed by atoms with Gasteiger partial charge < -0.3 is 10.2 Å². The summed E-state index contributed by atoms with van der Waals surface area (Å²) in [5, 5.41) is 2.72. The number of carbonyl (C=O) groups is 2. The van der Waals surface area contributed by atoms with E-state index in [0.717, 1.165) is 16.7 Å². The molecule has 4 nitrogen and oxygen atoms in total. The molecule has 0 radical (unpaired) electrons. The van der Waals surface area contributed by atoms with Crippen LogP contribution in [0.15, 0.2) is 78.9 Å². The van der Waals surface area contributed by atoms with Crippen molar-refractivity contribution in [2.24, 2.45) is 0 Å². The molecule has 0 aliphatic carbocycles. The third kappa shape index (κ3) is 7.19. The summed E-state index contributed by atoms with van der Waals surface area (Å²) in [6, 6.07) is 23.5. The Bertz CT molecular complexity index is 1070. The summed E-state index contributed by atoms with van der Waals surface area (Å²) in [5.74, 6) is -0.0923. The van der Waals surface area contributed by atoms with Crippen molar-refractivity contribution in [3.05, 3.63) is 107 Å². The summed E-state index contributed by atoms with van der Waals surface area (Å²) in [6.45, 7) is 2.33. The number of rotatable bonds is 10. The predicted molar refractivity (Wildman–Crippen MR) is 132 cm³/mol. The number of nitrogens with one attached hydrogen (secondary N) is 1. The molecular formula is C27H29FN2O2S. The number of hydrogen-bond donors (Lipinski definition) is 1. The lowest BCUT2D eigenvalue weighted by Gasteiger charge is -2.31. The molecule has 1 N–H and O–H groups in total. The normalized spacial score (nSPS) is 11.6. The molecule has 0 saturated heterocycles. The van der Waals surface area contributed by atoms with Gasteiger partial charge in [0.15, 0.2) is 0 Å². The number of hydrogen-bond acceptors (Lipinski definition) is 3. The molecular weight excluding hydrogens is 435 g/mol. The van der Waals surface area contributed by atoms with Crippen LogP contribution in [0, 0.1) is 12.7 Å². The topological polar surface area (TPSA) is 49.4 Å². The monoisotopic (exact) mass is 464 g/mol. The Labute approximate surface area is 199 Å². The minimum Gasteiger partial charge on any atom is -0.357 e. The molecule has 3 rings (SSSR count). The fraction of sp³-hybridized carbons (Fsp3) is 0.259. The Morgan fingerprint density at radius 3 is 2.36 bits per heavy atom. The number of benzene rings is 3. The first-order valence-corrected chi connectivity index (χ1v) is 12.0. The van der Waals surface area contributed by atoms with Crippen molar-refractivity contribution < 1.29 is 14.0 Å². The predicted octanol–water partition coefficient (Wildman–Crippen LogP) is 4.75. The van der Waals surface area contributed by atoms with E-state index in [1.54, 1.807) is 30.1 Å². The summed E-state index contributed by atoms with van der Waals surface area (Å²) < 4.78 is 14.0. The number of halogens is 1. The average molecular weight is 465 g/mol. The molecule has 0 spiro atoms. The van der Waals surface area contributed by atoms with E-state index in [9.17, 15) is 14.0 Å². The van der Waals surface area contributed by atoms with Gasteiger partial charge in [-0.3, -0.25) is 9.59 Å². The largest absolute Gasteiger partial charge is 0.357 e. The number of amides is 2. The Balaban J connectivity index is 1.81. The maximum Gasteiger partial charge on any atom is 0.242 e. The van der Waals surface area contributed by atoms with E-state index in [1.165, 1.54) is 17.8 Å². The standard InChI is InChI=1S/C27H29FN2O2S/c1-20-9-8-12-22(15-20)17-30(25(27(32)29-2)16-21-10-4-3-5-11-21)26(31)19-33-18-23-13-6-7-14-24(23)28/h3-15,25H,16-19H2,1-2H3,(H,29,32). The van der Waals surface area contributed by atoms with Crippen LogP contribution in [-0.2, 0) is 28.3 Å². The fourth-order valence-electron chi connectivity index (χ4n) is 3.67. The Morgan fingerprint density at radius 2 is 1.67 bits per heavy atom. The van der Waals surface area contributed by atoms with E-state index in [1.807, 2.05) is 61.5 Å². The SMILES string of the molecule is CNC(=O)C(Cc1ccccc1)N(Cc1cccc(C)c1)C(=O)CSCc1ccccc1F. The Hall–Kier alpha value is -3.12. The van der Waals surface area contributed by atoms with E-state index >= 15 is 0 Å². The van der Waals surface area contributed by atoms with Gasteiger partial charge in [-0.15, -0.1) is 11.8 Å².